The van der Waals surface area contributed by atoms with Crippen molar-refractivity contribution in [3.8, 4) is 5.75 Å². The number of nitrogens with one attached hydrogen (secondary N) is 1. The third kappa shape index (κ3) is 4.64. The lowest BCUT2D eigenvalue weighted by molar-refractivity contribution is -0.143. The van der Waals surface area contributed by atoms with Crippen LogP contribution in [0.5, 0.6) is 5.75 Å². The number of sulfonamides is 1. The third-order valence-corrected chi connectivity index (χ3v) is 6.49. The number of carbonyl (C=O) groups is 1. The molecule has 0 amide bonds. The van der Waals surface area contributed by atoms with Crippen molar-refractivity contribution >= 4 is 27.0 Å². The highest BCUT2D eigenvalue weighted by molar-refractivity contribution is 7.89. The quantitative estimate of drug-likeness (QED) is 0.528. The van der Waals surface area contributed by atoms with E-state index in [9.17, 15) is 18.0 Å². The van der Waals surface area contributed by atoms with Gasteiger partial charge in [0, 0.05) is 14.1 Å². The van der Waals surface area contributed by atoms with Gasteiger partial charge in [-0.1, -0.05) is 12.1 Å². The van der Waals surface area contributed by atoms with Crippen LogP contribution in [0.15, 0.2) is 52.2 Å². The van der Waals surface area contributed by atoms with Gasteiger partial charge in [0.1, 0.15) is 5.75 Å². The molecule has 2 aromatic carbocycles. The van der Waals surface area contributed by atoms with Crippen molar-refractivity contribution in [3.05, 3.63) is 58.5 Å². The summed E-state index contributed by atoms with van der Waals surface area (Å²) in [5.74, 6) is 0.00481. The normalized spacial score (nSPS) is 12.6. The number of esters is 1. The molecule has 0 aliphatic heterocycles. The predicted molar refractivity (Wildman–Crippen MR) is 115 cm³/mol. The highest BCUT2D eigenvalue weighted by Gasteiger charge is 2.25. The number of hydrogen-bond donors (Lipinski definition) is 1. The number of benzene rings is 2. The summed E-state index contributed by atoms with van der Waals surface area (Å²) in [4.78, 5) is 24.3. The van der Waals surface area contributed by atoms with Crippen LogP contribution >= 0.6 is 0 Å². The fourth-order valence-electron chi connectivity index (χ4n) is 3.38. The number of carbonyl (C=O) groups excluding carboxylic acids is 1. The first-order chi connectivity index (χ1) is 14.7. The van der Waals surface area contributed by atoms with E-state index in [2.05, 4.69) is 4.72 Å². The summed E-state index contributed by atoms with van der Waals surface area (Å²) in [6.45, 7) is 1.87. The Bertz CT molecular complexity index is 1280. The molecular weight excluding hydrogens is 422 g/mol. The van der Waals surface area contributed by atoms with Crippen LogP contribution < -0.4 is 15.1 Å². The molecule has 1 heterocycles. The van der Waals surface area contributed by atoms with Crippen LogP contribution in [-0.2, 0) is 33.7 Å². The van der Waals surface area contributed by atoms with Crippen LogP contribution in [0.4, 0.5) is 0 Å². The van der Waals surface area contributed by atoms with E-state index >= 15 is 0 Å². The molecule has 1 atom stereocenters. The second-order valence-corrected chi connectivity index (χ2v) is 8.72. The average molecular weight is 448 g/mol. The maximum atomic E-state index is 13.2. The van der Waals surface area contributed by atoms with E-state index in [0.29, 0.717) is 22.3 Å². The Labute approximate surface area is 180 Å². The highest BCUT2D eigenvalue weighted by atomic mass is 32.2. The summed E-state index contributed by atoms with van der Waals surface area (Å²) in [7, 11) is 0.678. The number of imidazole rings is 1. The number of nitrogens with zero attached hydrogens (tertiary/aromatic N) is 2. The lowest BCUT2D eigenvalue weighted by Crippen LogP contribution is -2.30. The Morgan fingerprint density at radius 3 is 2.48 bits per heavy atom. The van der Waals surface area contributed by atoms with E-state index in [1.165, 1.54) is 28.4 Å². The van der Waals surface area contributed by atoms with E-state index in [1.54, 1.807) is 51.4 Å². The summed E-state index contributed by atoms with van der Waals surface area (Å²) in [5, 5.41) is 0. The molecule has 0 fully saturated rings. The zero-order valence-corrected chi connectivity index (χ0v) is 18.6. The van der Waals surface area contributed by atoms with Gasteiger partial charge in [-0.25, -0.2) is 17.9 Å². The Hall–Kier alpha value is -3.11. The van der Waals surface area contributed by atoms with Crippen molar-refractivity contribution in [2.45, 2.75) is 24.3 Å². The van der Waals surface area contributed by atoms with Crippen molar-refractivity contribution in [1.29, 1.82) is 0 Å². The molecular formula is C21H25N3O6S. The second-order valence-electron chi connectivity index (χ2n) is 7.01. The molecule has 0 saturated carbocycles. The SMILES string of the molecule is CCOC(=O)CC(NS(=O)(=O)c1ccc2c(c1)n(C)c(=O)n2C)c1cccc(OC)c1. The maximum Gasteiger partial charge on any atom is 0.328 e. The second kappa shape index (κ2) is 8.94. The molecule has 1 unspecified atom stereocenters. The molecule has 166 valence electrons. The summed E-state index contributed by atoms with van der Waals surface area (Å²) in [5.41, 5.74) is 1.40. The molecule has 0 saturated heterocycles. The van der Waals surface area contributed by atoms with Gasteiger partial charge in [0.05, 0.1) is 42.1 Å². The first kappa shape index (κ1) is 22.6. The minimum absolute atomic E-state index is 0.0158. The molecule has 0 radical (unpaired) electrons. The highest BCUT2D eigenvalue weighted by Crippen LogP contribution is 2.25. The Kier molecular flexibility index (Phi) is 6.51. The Morgan fingerprint density at radius 1 is 1.10 bits per heavy atom. The van der Waals surface area contributed by atoms with Crippen LogP contribution in [0.2, 0.25) is 0 Å². The zero-order chi connectivity index (χ0) is 22.8. The molecule has 0 spiro atoms. The van der Waals surface area contributed by atoms with Gasteiger partial charge in [-0.2, -0.15) is 0 Å². The van der Waals surface area contributed by atoms with Crippen molar-refractivity contribution in [3.63, 3.8) is 0 Å². The number of fused-ring (bicyclic) bond motifs is 1. The lowest BCUT2D eigenvalue weighted by Gasteiger charge is -2.19. The molecule has 0 aliphatic carbocycles. The van der Waals surface area contributed by atoms with Crippen LogP contribution in [0.25, 0.3) is 11.0 Å². The van der Waals surface area contributed by atoms with Gasteiger partial charge >= 0.3 is 11.7 Å². The fourth-order valence-corrected chi connectivity index (χ4v) is 4.63. The van der Waals surface area contributed by atoms with Crippen LogP contribution in [0.3, 0.4) is 0 Å². The molecule has 0 aliphatic rings. The van der Waals surface area contributed by atoms with Crippen LogP contribution in [0.1, 0.15) is 24.9 Å². The van der Waals surface area contributed by atoms with E-state index in [1.807, 2.05) is 0 Å². The monoisotopic (exact) mass is 447 g/mol. The van der Waals surface area contributed by atoms with E-state index in [0.717, 1.165) is 0 Å². The zero-order valence-electron chi connectivity index (χ0n) is 17.8. The summed E-state index contributed by atoms with van der Waals surface area (Å²) in [6, 6.07) is 10.4. The minimum Gasteiger partial charge on any atom is -0.497 e. The van der Waals surface area contributed by atoms with Crippen molar-refractivity contribution in [2.24, 2.45) is 14.1 Å². The molecule has 9 nitrogen and oxygen atoms in total. The number of aryl methyl sites for hydroxylation is 2. The first-order valence-corrected chi connectivity index (χ1v) is 11.1. The predicted octanol–water partition coefficient (Wildman–Crippen LogP) is 1.86. The van der Waals surface area contributed by atoms with Crippen molar-refractivity contribution in [2.75, 3.05) is 13.7 Å². The number of methoxy groups -OCH3 is 1. The molecule has 1 N–H and O–H groups in total. The number of hydrogen-bond acceptors (Lipinski definition) is 6. The summed E-state index contributed by atoms with van der Waals surface area (Å²) in [6.07, 6.45) is -0.188. The molecule has 1 aromatic heterocycles. The van der Waals surface area contributed by atoms with Crippen LogP contribution in [-0.4, -0.2) is 37.2 Å². The topological polar surface area (TPSA) is 109 Å². The van der Waals surface area contributed by atoms with Gasteiger partial charge < -0.3 is 9.47 Å². The largest absolute Gasteiger partial charge is 0.497 e. The van der Waals surface area contributed by atoms with Gasteiger partial charge in [-0.3, -0.25) is 13.9 Å². The summed E-state index contributed by atoms with van der Waals surface area (Å²) >= 11 is 0. The maximum absolute atomic E-state index is 13.2. The number of ether oxygens (including phenoxy) is 2. The average Bonchev–Trinajstić information content (AvgIpc) is 2.97. The standard InChI is InChI=1S/C21H25N3O6S/c1-5-30-20(25)13-17(14-7-6-8-15(11-14)29-4)22-31(27,28)16-9-10-18-19(12-16)24(3)21(26)23(18)2/h6-12,17,22H,5,13H2,1-4H3. The van der Waals surface area contributed by atoms with Gasteiger partial charge in [0.15, 0.2) is 0 Å². The van der Waals surface area contributed by atoms with E-state index in [4.69, 9.17) is 9.47 Å². The minimum atomic E-state index is -4.02. The molecule has 3 rings (SSSR count). The molecule has 0 bridgehead atoms. The van der Waals surface area contributed by atoms with E-state index < -0.39 is 22.0 Å². The summed E-state index contributed by atoms with van der Waals surface area (Å²) < 4.78 is 42.0. The smallest absolute Gasteiger partial charge is 0.328 e. The van der Waals surface area contributed by atoms with Crippen molar-refractivity contribution < 1.29 is 22.7 Å². The van der Waals surface area contributed by atoms with Crippen molar-refractivity contribution in [1.82, 2.24) is 13.9 Å². The molecule has 31 heavy (non-hydrogen) atoms. The number of rotatable bonds is 8. The lowest BCUT2D eigenvalue weighted by atomic mass is 10.0. The van der Waals surface area contributed by atoms with Gasteiger partial charge in [-0.15, -0.1) is 0 Å². The van der Waals surface area contributed by atoms with Crippen LogP contribution in [0, 0.1) is 0 Å². The van der Waals surface area contributed by atoms with Gasteiger partial charge in [-0.05, 0) is 42.8 Å². The first-order valence-electron chi connectivity index (χ1n) is 9.65. The molecule has 10 heteroatoms. The third-order valence-electron chi connectivity index (χ3n) is 5.02. The fraction of sp³-hybridized carbons (Fsp3) is 0.333. The number of aromatic nitrogens is 2. The van der Waals surface area contributed by atoms with Gasteiger partial charge in [0.25, 0.3) is 0 Å². The Balaban J connectivity index is 2.00. The molecule has 3 aromatic rings. The van der Waals surface area contributed by atoms with E-state index in [-0.39, 0.29) is 23.6 Å². The van der Waals surface area contributed by atoms with Gasteiger partial charge in [0.2, 0.25) is 10.0 Å². The Morgan fingerprint density at radius 2 is 1.81 bits per heavy atom.